The van der Waals surface area contributed by atoms with Crippen LogP contribution < -0.4 is 37.6 Å². The first-order valence-electron chi connectivity index (χ1n) is 36.0. The molecule has 10 saturated carbocycles. The molecule has 22 heteroatoms. The number of carbonyl (C=O) groups excluding carboxylic acids is 6. The minimum atomic E-state index is -1.06. The van der Waals surface area contributed by atoms with Gasteiger partial charge in [0.15, 0.2) is 0 Å². The predicted octanol–water partition coefficient (Wildman–Crippen LogP) is 14.8. The number of amides is 4. The minimum Gasteiger partial charge on any atom is -0.444 e. The zero-order valence-electron chi connectivity index (χ0n) is 61.1. The van der Waals surface area contributed by atoms with Crippen molar-refractivity contribution in [2.24, 2.45) is 59.0 Å². The largest absolute Gasteiger partial charge is 0.519 e. The van der Waals surface area contributed by atoms with Gasteiger partial charge in [-0.3, -0.25) is 4.79 Å². The molecule has 7 heterocycles. The van der Waals surface area contributed by atoms with Crippen molar-refractivity contribution in [2.45, 2.75) is 348 Å². The fourth-order valence-electron chi connectivity index (χ4n) is 18.6. The van der Waals surface area contributed by atoms with Gasteiger partial charge in [-0.1, -0.05) is 34.5 Å². The Labute approximate surface area is 587 Å². The second-order valence-corrected chi connectivity index (χ2v) is 35.4. The first kappa shape index (κ1) is 84.7. The predicted molar refractivity (Wildman–Crippen MR) is 385 cm³/mol. The molecule has 4 amide bonds. The molecule has 7 saturated heterocycles. The van der Waals surface area contributed by atoms with Gasteiger partial charge in [0.25, 0.3) is 0 Å². The van der Waals surface area contributed by atoms with Crippen LogP contribution in [0.15, 0.2) is 0 Å². The van der Waals surface area contributed by atoms with Crippen molar-refractivity contribution in [2.75, 3.05) is 32.6 Å². The number of rotatable bonds is 3. The maximum Gasteiger partial charge on any atom is 0.519 e. The van der Waals surface area contributed by atoms with Gasteiger partial charge < -0.3 is 70.8 Å². The van der Waals surface area contributed by atoms with Gasteiger partial charge in [0.2, 0.25) is 5.91 Å². The summed E-state index contributed by atoms with van der Waals surface area (Å²) in [7, 11) is 4.50. The highest BCUT2D eigenvalue weighted by Crippen LogP contribution is 2.54. The zero-order valence-corrected chi connectivity index (χ0v) is 62.0. The number of hydrogen-bond donors (Lipinski definition) is 8. The van der Waals surface area contributed by atoms with Gasteiger partial charge in [0.1, 0.15) is 28.0 Å². The van der Waals surface area contributed by atoms with Crippen LogP contribution in [0.25, 0.3) is 0 Å². The zero-order chi connectivity index (χ0) is 69.9. The topological polar surface area (TPSA) is 265 Å². The van der Waals surface area contributed by atoms with Crippen molar-refractivity contribution in [3.05, 3.63) is 0 Å². The molecule has 2 radical (unpaired) electrons. The lowest BCUT2D eigenvalue weighted by molar-refractivity contribution is -0.125. The Morgan fingerprint density at radius 1 is 0.448 bits per heavy atom. The number of nitrogens with two attached hydrogens (primary N) is 1. The lowest BCUT2D eigenvalue weighted by Gasteiger charge is -2.48. The summed E-state index contributed by atoms with van der Waals surface area (Å²) in [5.41, 5.74) is 3.69. The molecule has 0 spiro atoms. The van der Waals surface area contributed by atoms with Crippen LogP contribution in [0.1, 0.15) is 273 Å². The Bertz CT molecular complexity index is 2340. The Kier molecular flexibility index (Phi) is 31.1. The molecule has 17 fully saturated rings. The molecular weight excluding hydrogens is 1240 g/mol. The maximum atomic E-state index is 12.1. The van der Waals surface area contributed by atoms with Crippen LogP contribution in [-0.4, -0.2) is 145 Å². The molecule has 20 nitrogen and oxygen atoms in total. The van der Waals surface area contributed by atoms with Crippen molar-refractivity contribution < 1.29 is 61.9 Å². The standard InChI is InChI=1S/C16H27NO2.C15H24N2O3.C15H26N2O2.C10H18N2.C10H18O5.C4H8O.CH3B.CH4S.2CH4/c1-15(2,3)19-14(18)17-16-8-11-4-5-12(9-16)7-13(6-11)10-16;1-14(2,3)20-13(19)17-15-6-9-4-10(7-15)12(18)16-11(5-9)8-15;1-14(2,3)19-13(18)17-15-6-10-4-11(7-15)9-16-12(5-10)8-15;11-10-3-7-1-8(4-10)6-12-9(2-7)5-10;1-9(2,3)14-7(11)13-8(12)15-10(4,5)6;1-2-4-5-3-1;2*1-2;;/h11-13H,4-10H2,1-3H3,(H,17,18);9-11H,4-8H2,1-3H3,(H,16,18)(H,17,19);10-12,16H,4-9H2,1-3H3,(H,17,18);7-9,12H,1-6,11H2;1-6H3;1-4H2;1H3;2H,1H3;2*1H4. The van der Waals surface area contributed by atoms with Crippen molar-refractivity contribution in [3.63, 3.8) is 0 Å². The van der Waals surface area contributed by atoms with Gasteiger partial charge in [-0.15, -0.1) is 0 Å². The van der Waals surface area contributed by atoms with Gasteiger partial charge >= 0.3 is 30.6 Å². The summed E-state index contributed by atoms with van der Waals surface area (Å²) in [5, 5.41) is 20.0. The summed E-state index contributed by atoms with van der Waals surface area (Å²) in [6.45, 7) is 33.0. The molecule has 16 bridgehead atoms. The number of hydrogen-bond acceptors (Lipinski definition) is 17. The summed E-state index contributed by atoms with van der Waals surface area (Å²) in [4.78, 5) is 70.4. The molecule has 96 heavy (non-hydrogen) atoms. The fourth-order valence-corrected chi connectivity index (χ4v) is 18.6. The summed E-state index contributed by atoms with van der Waals surface area (Å²) >= 11 is 3.53. The van der Waals surface area contributed by atoms with Crippen molar-refractivity contribution in [1.29, 1.82) is 0 Å². The molecular formula is C74H136BN7O13S. The SMILES string of the molecule is C.C.C1CCOC1.CC(C)(C)OC(=O)NC12CC3CC(C1)NC(=O)C(C3)C2.CC(C)(C)OC(=O)NC12CC3CCC(CC(C3)C1)C2.CC(C)(C)OC(=O)NC12CC3CNC(CC(C3)C1)C2.CC(C)(C)OC(=O)OC(=O)OC(C)(C)C.CS.NC12CC3CNC(CC(C3)C1)C2.[B]C. The van der Waals surface area contributed by atoms with Gasteiger partial charge in [0.05, 0.1) is 7.85 Å². The molecule has 554 valence electrons. The highest BCUT2D eigenvalue weighted by atomic mass is 32.1. The molecule has 17 aliphatic rings. The number of thiol groups is 1. The lowest BCUT2D eigenvalue weighted by Crippen LogP contribution is -2.57. The van der Waals surface area contributed by atoms with E-state index in [4.69, 9.17) is 34.2 Å². The summed E-state index contributed by atoms with van der Waals surface area (Å²) in [6, 6.07) is 1.55. The van der Waals surface area contributed by atoms with Crippen LogP contribution in [0.4, 0.5) is 24.0 Å². The quantitative estimate of drug-likeness (QED) is 0.0429. The minimum absolute atomic E-state index is 0. The van der Waals surface area contributed by atoms with E-state index in [1.165, 1.54) is 116 Å². The van der Waals surface area contributed by atoms with Gasteiger partial charge in [0, 0.05) is 59.4 Å². The first-order chi connectivity index (χ1) is 43.6. The summed E-state index contributed by atoms with van der Waals surface area (Å²) < 4.78 is 35.0. The van der Waals surface area contributed by atoms with E-state index >= 15 is 0 Å². The van der Waals surface area contributed by atoms with Crippen LogP contribution in [0.3, 0.4) is 0 Å². The Balaban J connectivity index is 0.000000248. The van der Waals surface area contributed by atoms with Crippen LogP contribution >= 0.6 is 12.6 Å². The maximum absolute atomic E-state index is 12.1. The molecule has 7 aliphatic heterocycles. The smallest absolute Gasteiger partial charge is 0.444 e. The molecule has 14 atom stereocenters. The normalized spacial score (nSPS) is 34.7. The lowest BCUT2D eigenvalue weighted by atomic mass is 9.63. The number of alkyl carbamates (subject to hydrolysis) is 3. The average Bonchev–Trinajstić information content (AvgIpc) is 1.54. The van der Waals surface area contributed by atoms with Gasteiger partial charge in [-0.25, -0.2) is 24.0 Å². The molecule has 0 aromatic rings. The fraction of sp³-hybridized carbons (Fsp3) is 0.919. The third kappa shape index (κ3) is 28.0. The Morgan fingerprint density at radius 3 is 1.19 bits per heavy atom. The molecule has 0 aromatic heterocycles. The van der Waals surface area contributed by atoms with E-state index in [9.17, 15) is 28.8 Å². The molecule has 8 N–H and O–H groups in total. The van der Waals surface area contributed by atoms with E-state index in [1.54, 1.807) is 47.8 Å². The third-order valence-corrected chi connectivity index (χ3v) is 20.3. The average molecular weight is 1370 g/mol. The monoisotopic (exact) mass is 1370 g/mol. The number of nitrogens with one attached hydrogen (secondary N) is 6. The number of carbonyl (C=O) groups is 6. The van der Waals surface area contributed by atoms with Gasteiger partial charge in [-0.2, -0.15) is 12.6 Å². The van der Waals surface area contributed by atoms with Gasteiger partial charge in [-0.05, 0) is 312 Å². The van der Waals surface area contributed by atoms with Crippen molar-refractivity contribution in [3.8, 4) is 0 Å². The third-order valence-electron chi connectivity index (χ3n) is 20.3. The van der Waals surface area contributed by atoms with E-state index in [-0.39, 0.29) is 73.2 Å². The van der Waals surface area contributed by atoms with Crippen LogP contribution in [0.2, 0.25) is 6.82 Å². The second-order valence-electron chi connectivity index (χ2n) is 35.4. The Hall–Kier alpha value is -3.73. The highest BCUT2D eigenvalue weighted by molar-refractivity contribution is 7.79. The van der Waals surface area contributed by atoms with Crippen molar-refractivity contribution in [1.82, 2.24) is 31.9 Å². The Morgan fingerprint density at radius 2 is 0.771 bits per heavy atom. The molecule has 14 unspecified atom stereocenters. The number of fused-ring (bicyclic) bond motifs is 4. The molecule has 10 aliphatic carbocycles. The van der Waals surface area contributed by atoms with E-state index in [1.807, 2.05) is 62.3 Å². The van der Waals surface area contributed by atoms with E-state index in [2.05, 4.69) is 57.1 Å². The van der Waals surface area contributed by atoms with Crippen LogP contribution in [-0.2, 0) is 38.0 Å². The van der Waals surface area contributed by atoms with Crippen LogP contribution in [0.5, 0.6) is 0 Å². The summed E-state index contributed by atoms with van der Waals surface area (Å²) in [6.07, 6.45) is 27.6. The first-order valence-corrected chi connectivity index (χ1v) is 36.9. The van der Waals surface area contributed by atoms with E-state index in [0.29, 0.717) is 12.0 Å². The summed E-state index contributed by atoms with van der Waals surface area (Å²) in [5.74, 6) is 6.62. The number of ether oxygens (including phenoxy) is 7. The molecule has 17 rings (SSSR count). The van der Waals surface area contributed by atoms with E-state index in [0.717, 1.165) is 119 Å². The molecule has 0 aromatic carbocycles. The van der Waals surface area contributed by atoms with E-state index < -0.39 is 40.3 Å². The van der Waals surface area contributed by atoms with Crippen molar-refractivity contribution >= 4 is 57.0 Å². The van der Waals surface area contributed by atoms with Crippen LogP contribution in [0, 0.1) is 53.3 Å². The highest BCUT2D eigenvalue weighted by Gasteiger charge is 2.54. The second kappa shape index (κ2) is 35.2.